The van der Waals surface area contributed by atoms with Gasteiger partial charge in [0.15, 0.2) is 11.3 Å². The molecule has 0 aliphatic rings. The molecule has 26 heavy (non-hydrogen) atoms. The molecule has 2 amide bonds. The fraction of sp³-hybridized carbons (Fsp3) is 0.158. The van der Waals surface area contributed by atoms with Crippen LogP contribution in [-0.4, -0.2) is 30.3 Å². The van der Waals surface area contributed by atoms with Crippen LogP contribution in [0.5, 0.6) is 0 Å². The third kappa shape index (κ3) is 3.55. The van der Waals surface area contributed by atoms with Crippen LogP contribution < -0.4 is 5.32 Å². The number of para-hydroxylation sites is 1. The zero-order valence-electron chi connectivity index (χ0n) is 14.2. The highest BCUT2D eigenvalue weighted by Gasteiger charge is 2.23. The van der Waals surface area contributed by atoms with E-state index < -0.39 is 17.6 Å². The third-order valence-electron chi connectivity index (χ3n) is 3.97. The van der Waals surface area contributed by atoms with Crippen LogP contribution in [0.4, 0.5) is 10.1 Å². The second kappa shape index (κ2) is 7.17. The molecule has 2 aromatic carbocycles. The molecule has 0 aliphatic carbocycles. The molecule has 0 unspecified atom stereocenters. The maximum Gasteiger partial charge on any atom is 0.290 e. The van der Waals surface area contributed by atoms with E-state index in [9.17, 15) is 14.0 Å². The molecular weight excluding hydrogens is 359 g/mol. The highest BCUT2D eigenvalue weighted by molar-refractivity contribution is 6.35. The Morgan fingerprint density at radius 3 is 2.54 bits per heavy atom. The minimum atomic E-state index is -0.427. The van der Waals surface area contributed by atoms with E-state index in [0.29, 0.717) is 21.9 Å². The van der Waals surface area contributed by atoms with Gasteiger partial charge in [0.25, 0.3) is 5.91 Å². The monoisotopic (exact) mass is 374 g/mol. The van der Waals surface area contributed by atoms with Gasteiger partial charge in [0, 0.05) is 23.7 Å². The second-order valence-electron chi connectivity index (χ2n) is 5.89. The molecule has 0 aliphatic heterocycles. The standard InChI is InChI=1S/C19H16ClFN2O3/c1-11-14-4-3-5-15(20)18(14)26-17(11)19(25)23(2)10-16(24)22-13-8-6-12(21)7-9-13/h3-9H,10H2,1-2H3,(H,22,24). The molecule has 3 rings (SSSR count). The Bertz CT molecular complexity index is 982. The zero-order chi connectivity index (χ0) is 18.8. The van der Waals surface area contributed by atoms with E-state index in [4.69, 9.17) is 16.0 Å². The molecule has 0 saturated carbocycles. The minimum absolute atomic E-state index is 0.144. The summed E-state index contributed by atoms with van der Waals surface area (Å²) in [6, 6.07) is 10.7. The van der Waals surface area contributed by atoms with Crippen LogP contribution in [0, 0.1) is 12.7 Å². The molecule has 0 radical (unpaired) electrons. The molecule has 0 atom stereocenters. The fourth-order valence-electron chi connectivity index (χ4n) is 2.61. The quantitative estimate of drug-likeness (QED) is 0.742. The third-order valence-corrected chi connectivity index (χ3v) is 4.26. The largest absolute Gasteiger partial charge is 0.449 e. The molecule has 7 heteroatoms. The number of anilines is 1. The summed E-state index contributed by atoms with van der Waals surface area (Å²) < 4.78 is 18.5. The van der Waals surface area contributed by atoms with Crippen LogP contribution in [0.1, 0.15) is 16.1 Å². The van der Waals surface area contributed by atoms with Crippen molar-refractivity contribution in [3.8, 4) is 0 Å². The van der Waals surface area contributed by atoms with Crippen molar-refractivity contribution >= 4 is 40.1 Å². The van der Waals surface area contributed by atoms with Gasteiger partial charge in [0.05, 0.1) is 11.6 Å². The van der Waals surface area contributed by atoms with Gasteiger partial charge in [-0.05, 0) is 37.3 Å². The summed E-state index contributed by atoms with van der Waals surface area (Å²) in [7, 11) is 1.50. The number of hydrogen-bond donors (Lipinski definition) is 1. The summed E-state index contributed by atoms with van der Waals surface area (Å²) >= 11 is 6.10. The Kier molecular flexibility index (Phi) is 4.95. The zero-order valence-corrected chi connectivity index (χ0v) is 14.9. The van der Waals surface area contributed by atoms with Gasteiger partial charge in [-0.2, -0.15) is 0 Å². The number of benzene rings is 2. The summed E-state index contributed by atoms with van der Waals surface area (Å²) in [4.78, 5) is 26.0. The van der Waals surface area contributed by atoms with Crippen molar-refractivity contribution < 1.29 is 18.4 Å². The van der Waals surface area contributed by atoms with Crippen LogP contribution in [0.2, 0.25) is 5.02 Å². The summed E-state index contributed by atoms with van der Waals surface area (Å²) in [5, 5.41) is 3.78. The number of nitrogens with one attached hydrogen (secondary N) is 1. The number of fused-ring (bicyclic) bond motifs is 1. The smallest absolute Gasteiger partial charge is 0.290 e. The van der Waals surface area contributed by atoms with E-state index in [1.54, 1.807) is 19.1 Å². The van der Waals surface area contributed by atoms with E-state index in [1.807, 2.05) is 6.07 Å². The van der Waals surface area contributed by atoms with Crippen molar-refractivity contribution in [3.63, 3.8) is 0 Å². The van der Waals surface area contributed by atoms with Gasteiger partial charge in [-0.15, -0.1) is 0 Å². The number of hydrogen-bond acceptors (Lipinski definition) is 3. The molecule has 0 bridgehead atoms. The molecule has 0 fully saturated rings. The number of carbonyl (C=O) groups is 2. The van der Waals surface area contributed by atoms with Gasteiger partial charge >= 0.3 is 0 Å². The van der Waals surface area contributed by atoms with Gasteiger partial charge in [0.2, 0.25) is 5.91 Å². The first-order chi connectivity index (χ1) is 12.4. The topological polar surface area (TPSA) is 62.6 Å². The summed E-state index contributed by atoms with van der Waals surface area (Å²) in [6.07, 6.45) is 0. The number of aryl methyl sites for hydroxylation is 1. The highest BCUT2D eigenvalue weighted by Crippen LogP contribution is 2.31. The van der Waals surface area contributed by atoms with E-state index in [0.717, 1.165) is 5.39 Å². The lowest BCUT2D eigenvalue weighted by molar-refractivity contribution is -0.116. The lowest BCUT2D eigenvalue weighted by Crippen LogP contribution is -2.35. The Morgan fingerprint density at radius 1 is 1.19 bits per heavy atom. The number of nitrogens with zero attached hydrogens (tertiary/aromatic N) is 1. The van der Waals surface area contributed by atoms with Crippen LogP contribution in [0.15, 0.2) is 46.9 Å². The first kappa shape index (κ1) is 17.9. The van der Waals surface area contributed by atoms with E-state index in [2.05, 4.69) is 5.32 Å². The number of halogens is 2. The number of amides is 2. The predicted octanol–water partition coefficient (Wildman–Crippen LogP) is 4.24. The van der Waals surface area contributed by atoms with Crippen LogP contribution in [0.25, 0.3) is 11.0 Å². The Morgan fingerprint density at radius 2 is 1.88 bits per heavy atom. The fourth-order valence-corrected chi connectivity index (χ4v) is 2.82. The summed E-state index contributed by atoms with van der Waals surface area (Å²) in [6.45, 7) is 1.59. The van der Waals surface area contributed by atoms with Crippen molar-refractivity contribution in [3.05, 3.63) is 64.6 Å². The van der Waals surface area contributed by atoms with Gasteiger partial charge in [-0.1, -0.05) is 23.7 Å². The SMILES string of the molecule is Cc1c(C(=O)N(C)CC(=O)Nc2ccc(F)cc2)oc2c(Cl)cccc12. The number of carbonyl (C=O) groups excluding carboxylic acids is 2. The minimum Gasteiger partial charge on any atom is -0.449 e. The lowest BCUT2D eigenvalue weighted by atomic mass is 10.1. The molecule has 1 heterocycles. The van der Waals surface area contributed by atoms with E-state index in [-0.39, 0.29) is 12.3 Å². The van der Waals surface area contributed by atoms with Crippen molar-refractivity contribution in [1.29, 1.82) is 0 Å². The van der Waals surface area contributed by atoms with Gasteiger partial charge < -0.3 is 14.6 Å². The predicted molar refractivity (Wildman–Crippen MR) is 98.0 cm³/mol. The molecule has 1 aromatic heterocycles. The van der Waals surface area contributed by atoms with Crippen LogP contribution >= 0.6 is 11.6 Å². The lowest BCUT2D eigenvalue weighted by Gasteiger charge is -2.16. The molecule has 134 valence electrons. The molecule has 0 spiro atoms. The normalized spacial score (nSPS) is 10.8. The van der Waals surface area contributed by atoms with Gasteiger partial charge in [-0.25, -0.2) is 4.39 Å². The number of furan rings is 1. The van der Waals surface area contributed by atoms with Crippen molar-refractivity contribution in [2.45, 2.75) is 6.92 Å². The average molecular weight is 375 g/mol. The molecule has 0 saturated heterocycles. The second-order valence-corrected chi connectivity index (χ2v) is 6.30. The maximum absolute atomic E-state index is 12.9. The Balaban J connectivity index is 1.73. The van der Waals surface area contributed by atoms with Crippen molar-refractivity contribution in [2.75, 3.05) is 18.9 Å². The maximum atomic E-state index is 12.9. The van der Waals surface area contributed by atoms with Crippen molar-refractivity contribution in [2.24, 2.45) is 0 Å². The molecular formula is C19H16ClFN2O3. The molecule has 1 N–H and O–H groups in total. The van der Waals surface area contributed by atoms with E-state index >= 15 is 0 Å². The van der Waals surface area contributed by atoms with Gasteiger partial charge in [-0.3, -0.25) is 9.59 Å². The Labute approximate surface area is 154 Å². The van der Waals surface area contributed by atoms with Crippen LogP contribution in [0.3, 0.4) is 0 Å². The first-order valence-electron chi connectivity index (χ1n) is 7.85. The molecule has 3 aromatic rings. The number of likely N-dealkylation sites (N-methyl/N-ethyl adjacent to an activating group) is 1. The highest BCUT2D eigenvalue weighted by atomic mass is 35.5. The molecule has 5 nitrogen and oxygen atoms in total. The average Bonchev–Trinajstić information content (AvgIpc) is 2.94. The van der Waals surface area contributed by atoms with Crippen molar-refractivity contribution in [1.82, 2.24) is 4.90 Å². The summed E-state index contributed by atoms with van der Waals surface area (Å²) in [5.74, 6) is -1.08. The van der Waals surface area contributed by atoms with E-state index in [1.165, 1.54) is 36.2 Å². The number of rotatable bonds is 4. The Hall–Kier alpha value is -2.86. The van der Waals surface area contributed by atoms with Crippen LogP contribution in [-0.2, 0) is 4.79 Å². The summed E-state index contributed by atoms with van der Waals surface area (Å²) in [5.41, 5.74) is 1.56. The first-order valence-corrected chi connectivity index (χ1v) is 8.23. The van der Waals surface area contributed by atoms with Gasteiger partial charge in [0.1, 0.15) is 5.82 Å².